The second-order valence-corrected chi connectivity index (χ2v) is 21.0. The van der Waals surface area contributed by atoms with E-state index in [-0.39, 0.29) is 18.5 Å². The Balaban J connectivity index is 3.34. The summed E-state index contributed by atoms with van der Waals surface area (Å²) < 4.78 is 5.47. The van der Waals surface area contributed by atoms with Gasteiger partial charge < -0.3 is 20.3 Å². The molecule has 0 heterocycles. The summed E-state index contributed by atoms with van der Waals surface area (Å²) in [5.74, 6) is -0.0628. The summed E-state index contributed by atoms with van der Waals surface area (Å²) in [6.07, 6.45) is 73.4. The highest BCUT2D eigenvalue weighted by Gasteiger charge is 2.18. The Morgan fingerprint density at radius 1 is 0.406 bits per heavy atom. The number of allylic oxidation sites excluding steroid dienone is 5. The van der Waals surface area contributed by atoms with Crippen LogP contribution in [0.3, 0.4) is 0 Å². The standard InChI is InChI=1S/C63H119NO5/c1-3-5-7-9-11-13-15-32-37-41-45-49-53-57-63(68)69-58-54-50-46-42-38-34-31-29-27-25-23-21-19-17-16-18-20-22-24-26-28-30-33-36-40-44-48-52-56-62(67)64-60(59-65)61(66)55-51-47-43-39-35-14-12-10-8-6-4-2/h7,9,13,15,51,55,60-61,65-66H,3-6,8,10-12,14,16-50,52-54,56-59H2,1-2H3,(H,64,67)/b9-7-,15-13-,55-51+. The van der Waals surface area contributed by atoms with Crippen molar-refractivity contribution in [2.75, 3.05) is 13.2 Å². The van der Waals surface area contributed by atoms with Crippen molar-refractivity contribution >= 4 is 11.9 Å². The predicted molar refractivity (Wildman–Crippen MR) is 301 cm³/mol. The van der Waals surface area contributed by atoms with Crippen LogP contribution in [0, 0.1) is 0 Å². The van der Waals surface area contributed by atoms with Gasteiger partial charge in [-0.05, 0) is 57.8 Å². The van der Waals surface area contributed by atoms with Crippen LogP contribution in [0.25, 0.3) is 0 Å². The fraction of sp³-hybridized carbons (Fsp3) is 0.873. The van der Waals surface area contributed by atoms with E-state index in [0.717, 1.165) is 51.4 Å². The minimum Gasteiger partial charge on any atom is -0.466 e. The van der Waals surface area contributed by atoms with Gasteiger partial charge >= 0.3 is 5.97 Å². The predicted octanol–water partition coefficient (Wildman–Crippen LogP) is 19.2. The number of carbonyl (C=O) groups excluding carboxylic acids is 2. The van der Waals surface area contributed by atoms with E-state index in [1.807, 2.05) is 6.08 Å². The fourth-order valence-corrected chi connectivity index (χ4v) is 9.44. The zero-order chi connectivity index (χ0) is 50.0. The summed E-state index contributed by atoms with van der Waals surface area (Å²) in [5.41, 5.74) is 0. The highest BCUT2D eigenvalue weighted by Crippen LogP contribution is 2.18. The minimum absolute atomic E-state index is 0.00280. The maximum Gasteiger partial charge on any atom is 0.305 e. The van der Waals surface area contributed by atoms with Crippen LogP contribution in [-0.4, -0.2) is 47.4 Å². The van der Waals surface area contributed by atoms with Gasteiger partial charge in [-0.3, -0.25) is 9.59 Å². The Morgan fingerprint density at radius 2 is 0.754 bits per heavy atom. The number of aliphatic hydroxyl groups is 2. The van der Waals surface area contributed by atoms with Gasteiger partial charge in [0, 0.05) is 12.8 Å². The van der Waals surface area contributed by atoms with E-state index in [1.54, 1.807) is 6.08 Å². The second kappa shape index (κ2) is 58.6. The summed E-state index contributed by atoms with van der Waals surface area (Å²) in [6, 6.07) is -0.624. The Kier molecular flexibility index (Phi) is 57.0. The monoisotopic (exact) mass is 970 g/mol. The molecule has 0 saturated heterocycles. The number of ether oxygens (including phenoxy) is 1. The number of hydrogen-bond donors (Lipinski definition) is 3. The summed E-state index contributed by atoms with van der Waals surface area (Å²) in [6.45, 7) is 4.83. The largest absolute Gasteiger partial charge is 0.466 e. The molecule has 0 rings (SSSR count). The van der Waals surface area contributed by atoms with Crippen LogP contribution >= 0.6 is 0 Å². The number of aliphatic hydroxyl groups excluding tert-OH is 2. The second-order valence-electron chi connectivity index (χ2n) is 21.0. The van der Waals surface area contributed by atoms with Crippen molar-refractivity contribution in [1.82, 2.24) is 5.32 Å². The minimum atomic E-state index is -0.840. The molecule has 0 aliphatic rings. The molecule has 0 fully saturated rings. The first-order valence-electron chi connectivity index (χ1n) is 30.8. The molecule has 0 aromatic rings. The van der Waals surface area contributed by atoms with Crippen LogP contribution in [0.15, 0.2) is 36.5 Å². The van der Waals surface area contributed by atoms with E-state index in [1.165, 1.54) is 250 Å². The molecule has 0 aliphatic heterocycles. The van der Waals surface area contributed by atoms with Crippen LogP contribution in [-0.2, 0) is 14.3 Å². The maximum absolute atomic E-state index is 12.4. The lowest BCUT2D eigenvalue weighted by Crippen LogP contribution is -2.45. The van der Waals surface area contributed by atoms with Crippen molar-refractivity contribution in [3.63, 3.8) is 0 Å². The Bertz CT molecular complexity index is 1120. The van der Waals surface area contributed by atoms with Crippen molar-refractivity contribution < 1.29 is 24.5 Å². The lowest BCUT2D eigenvalue weighted by molar-refractivity contribution is -0.143. The van der Waals surface area contributed by atoms with Gasteiger partial charge in [-0.15, -0.1) is 0 Å². The van der Waals surface area contributed by atoms with Crippen LogP contribution in [0.5, 0.6) is 0 Å². The van der Waals surface area contributed by atoms with Crippen molar-refractivity contribution in [1.29, 1.82) is 0 Å². The highest BCUT2D eigenvalue weighted by atomic mass is 16.5. The Hall–Kier alpha value is -1.92. The quantitative estimate of drug-likeness (QED) is 0.0321. The third kappa shape index (κ3) is 55.2. The number of esters is 1. The molecular weight excluding hydrogens is 851 g/mol. The van der Waals surface area contributed by atoms with Gasteiger partial charge in [0.2, 0.25) is 5.91 Å². The van der Waals surface area contributed by atoms with Gasteiger partial charge in [-0.25, -0.2) is 0 Å². The first-order valence-corrected chi connectivity index (χ1v) is 30.8. The summed E-state index contributed by atoms with van der Waals surface area (Å²) in [5, 5.41) is 23.0. The average molecular weight is 971 g/mol. The van der Waals surface area contributed by atoms with Crippen molar-refractivity contribution in [2.24, 2.45) is 0 Å². The molecule has 0 aromatic heterocycles. The molecule has 0 saturated carbocycles. The van der Waals surface area contributed by atoms with Crippen LogP contribution < -0.4 is 5.32 Å². The number of nitrogens with one attached hydrogen (secondary N) is 1. The van der Waals surface area contributed by atoms with Gasteiger partial charge in [0.15, 0.2) is 0 Å². The van der Waals surface area contributed by atoms with Crippen molar-refractivity contribution in [3.05, 3.63) is 36.5 Å². The molecule has 406 valence electrons. The van der Waals surface area contributed by atoms with E-state index in [4.69, 9.17) is 4.74 Å². The smallest absolute Gasteiger partial charge is 0.305 e. The summed E-state index contributed by atoms with van der Waals surface area (Å²) >= 11 is 0. The molecule has 0 aromatic carbocycles. The van der Waals surface area contributed by atoms with Crippen LogP contribution in [0.2, 0.25) is 0 Å². The van der Waals surface area contributed by atoms with E-state index in [2.05, 4.69) is 43.5 Å². The summed E-state index contributed by atoms with van der Waals surface area (Å²) in [7, 11) is 0. The molecule has 1 amide bonds. The molecule has 0 aliphatic carbocycles. The first kappa shape index (κ1) is 67.1. The topological polar surface area (TPSA) is 95.9 Å². The van der Waals surface area contributed by atoms with Crippen LogP contribution in [0.4, 0.5) is 0 Å². The molecule has 0 bridgehead atoms. The summed E-state index contributed by atoms with van der Waals surface area (Å²) in [4.78, 5) is 24.4. The molecule has 0 radical (unpaired) electrons. The Morgan fingerprint density at radius 3 is 1.16 bits per heavy atom. The van der Waals surface area contributed by atoms with Crippen molar-refractivity contribution in [2.45, 2.75) is 341 Å². The highest BCUT2D eigenvalue weighted by molar-refractivity contribution is 5.76. The third-order valence-corrected chi connectivity index (χ3v) is 14.1. The van der Waals surface area contributed by atoms with E-state index in [9.17, 15) is 19.8 Å². The molecule has 6 nitrogen and oxygen atoms in total. The van der Waals surface area contributed by atoms with E-state index < -0.39 is 12.1 Å². The lowest BCUT2D eigenvalue weighted by atomic mass is 10.0. The maximum atomic E-state index is 12.4. The molecule has 2 unspecified atom stereocenters. The van der Waals surface area contributed by atoms with Crippen LogP contribution in [0.1, 0.15) is 328 Å². The lowest BCUT2D eigenvalue weighted by Gasteiger charge is -2.20. The third-order valence-electron chi connectivity index (χ3n) is 14.1. The normalized spacial score (nSPS) is 12.8. The van der Waals surface area contributed by atoms with Gasteiger partial charge in [0.05, 0.1) is 25.4 Å². The average Bonchev–Trinajstić information content (AvgIpc) is 3.35. The van der Waals surface area contributed by atoms with Gasteiger partial charge in [-0.1, -0.05) is 294 Å². The number of amides is 1. The van der Waals surface area contributed by atoms with Gasteiger partial charge in [0.25, 0.3) is 0 Å². The van der Waals surface area contributed by atoms with E-state index in [0.29, 0.717) is 19.4 Å². The SMILES string of the molecule is CCC/C=C\C/C=C\CCCCCCCC(=O)OCCCCCCCCCCCCCCCCCCCCCCCCCCCCCCC(=O)NC(CO)C(O)/C=C/CCCCCCCCCCC. The molecule has 2 atom stereocenters. The van der Waals surface area contributed by atoms with Gasteiger partial charge in [-0.2, -0.15) is 0 Å². The molecule has 3 N–H and O–H groups in total. The number of rotatable bonds is 57. The van der Waals surface area contributed by atoms with Crippen molar-refractivity contribution in [3.8, 4) is 0 Å². The van der Waals surface area contributed by atoms with E-state index >= 15 is 0 Å². The zero-order valence-corrected chi connectivity index (χ0v) is 46.3. The molecule has 69 heavy (non-hydrogen) atoms. The fourth-order valence-electron chi connectivity index (χ4n) is 9.44. The molecule has 0 spiro atoms. The number of hydrogen-bond acceptors (Lipinski definition) is 5. The number of carbonyl (C=O) groups is 2. The Labute approximate surface area is 430 Å². The molecular formula is C63H119NO5. The first-order chi connectivity index (χ1) is 34.0. The zero-order valence-electron chi connectivity index (χ0n) is 46.3. The van der Waals surface area contributed by atoms with Gasteiger partial charge in [0.1, 0.15) is 0 Å². The number of unbranched alkanes of at least 4 members (excludes halogenated alkanes) is 42. The molecule has 6 heteroatoms.